The van der Waals surface area contributed by atoms with Crippen LogP contribution in [0.2, 0.25) is 5.02 Å². The second kappa shape index (κ2) is 9.43. The number of ether oxygens (including phenoxy) is 1. The Balaban J connectivity index is 1.28. The highest BCUT2D eigenvalue weighted by atomic mass is 35.5. The fourth-order valence-electron chi connectivity index (χ4n) is 4.44. The third-order valence-corrected chi connectivity index (χ3v) is 6.60. The van der Waals surface area contributed by atoms with Crippen LogP contribution in [0.1, 0.15) is 5.69 Å². The first-order chi connectivity index (χ1) is 17.6. The number of rotatable bonds is 6. The van der Waals surface area contributed by atoms with Crippen molar-refractivity contribution in [1.82, 2.24) is 25.1 Å². The first-order valence-electron chi connectivity index (χ1n) is 11.8. The third-order valence-electron chi connectivity index (χ3n) is 6.21. The molecule has 0 amide bonds. The van der Waals surface area contributed by atoms with Gasteiger partial charge in [-0.2, -0.15) is 15.1 Å². The van der Waals surface area contributed by atoms with Crippen LogP contribution >= 0.6 is 11.6 Å². The normalized spacial score (nSPS) is 13.8. The van der Waals surface area contributed by atoms with Gasteiger partial charge in [0.1, 0.15) is 17.4 Å². The zero-order chi connectivity index (χ0) is 24.5. The van der Waals surface area contributed by atoms with Gasteiger partial charge in [-0.25, -0.2) is 0 Å². The number of H-pyrrole nitrogens is 2. The lowest BCUT2D eigenvalue weighted by molar-refractivity contribution is 0.443. The summed E-state index contributed by atoms with van der Waals surface area (Å²) in [7, 11) is 0. The maximum absolute atomic E-state index is 6.68. The van der Waals surface area contributed by atoms with Crippen LogP contribution in [0.3, 0.4) is 0 Å². The third kappa shape index (κ3) is 4.52. The molecule has 3 aromatic heterocycles. The maximum atomic E-state index is 6.68. The van der Waals surface area contributed by atoms with Crippen molar-refractivity contribution in [3.63, 3.8) is 0 Å². The molecule has 182 valence electrons. The van der Waals surface area contributed by atoms with E-state index < -0.39 is 0 Å². The fraction of sp³-hybridized carbons (Fsp3) is 0.192. The Kier molecular flexibility index (Phi) is 5.82. The predicted octanol–water partition coefficient (Wildman–Crippen LogP) is 5.51. The molecule has 5 aromatic rings. The largest absolute Gasteiger partial charge is 0.423 e. The number of anilines is 4. The number of hydrogen-bond acceptors (Lipinski definition) is 7. The molecule has 4 heterocycles. The van der Waals surface area contributed by atoms with Gasteiger partial charge in [0, 0.05) is 66.8 Å². The molecule has 1 aliphatic rings. The number of aryl methyl sites for hydroxylation is 1. The highest BCUT2D eigenvalue weighted by molar-refractivity contribution is 6.37. The minimum atomic E-state index is 0.213. The Hall–Kier alpha value is -4.24. The summed E-state index contributed by atoms with van der Waals surface area (Å²) < 4.78 is 6.13. The predicted molar refractivity (Wildman–Crippen MR) is 143 cm³/mol. The number of aromatic amines is 2. The van der Waals surface area contributed by atoms with Crippen molar-refractivity contribution in [2.45, 2.75) is 6.92 Å². The van der Waals surface area contributed by atoms with Crippen LogP contribution in [0.25, 0.3) is 10.9 Å². The number of hydrogen-bond donors (Lipinski definition) is 3. The molecule has 36 heavy (non-hydrogen) atoms. The van der Waals surface area contributed by atoms with Crippen LogP contribution in [0, 0.1) is 6.92 Å². The molecule has 0 unspecified atom stereocenters. The second-order valence-corrected chi connectivity index (χ2v) is 9.06. The van der Waals surface area contributed by atoms with Gasteiger partial charge in [-0.05, 0) is 37.3 Å². The number of para-hydroxylation sites is 1. The summed E-state index contributed by atoms with van der Waals surface area (Å²) in [4.78, 5) is 17.2. The van der Waals surface area contributed by atoms with Gasteiger partial charge in [0.05, 0.1) is 5.02 Å². The van der Waals surface area contributed by atoms with Crippen LogP contribution in [0.15, 0.2) is 66.9 Å². The maximum Gasteiger partial charge on any atom is 0.325 e. The lowest BCUT2D eigenvalue weighted by atomic mass is 10.2. The zero-order valence-corrected chi connectivity index (χ0v) is 20.5. The molecule has 0 saturated carbocycles. The number of piperazine rings is 1. The van der Waals surface area contributed by atoms with Gasteiger partial charge >= 0.3 is 6.01 Å². The molecule has 1 fully saturated rings. The number of nitrogens with one attached hydrogen (secondary N) is 3. The smallest absolute Gasteiger partial charge is 0.325 e. The van der Waals surface area contributed by atoms with Crippen molar-refractivity contribution in [3.8, 4) is 11.8 Å². The summed E-state index contributed by atoms with van der Waals surface area (Å²) in [5.74, 6) is 2.52. The molecule has 2 aromatic carbocycles. The lowest BCUT2D eigenvalue weighted by Crippen LogP contribution is -2.46. The summed E-state index contributed by atoms with van der Waals surface area (Å²) in [6.45, 7) is 5.42. The molecule has 0 bridgehead atoms. The van der Waals surface area contributed by atoms with Gasteiger partial charge in [0.25, 0.3) is 0 Å². The second-order valence-electron chi connectivity index (χ2n) is 8.68. The van der Waals surface area contributed by atoms with E-state index in [-0.39, 0.29) is 6.01 Å². The van der Waals surface area contributed by atoms with E-state index in [9.17, 15) is 0 Å². The average molecular weight is 501 g/mol. The molecule has 0 aliphatic carbocycles. The highest BCUT2D eigenvalue weighted by Gasteiger charge is 2.21. The van der Waals surface area contributed by atoms with Gasteiger partial charge in [0.2, 0.25) is 0 Å². The first kappa shape index (κ1) is 22.2. The zero-order valence-electron chi connectivity index (χ0n) is 19.7. The fourth-order valence-corrected chi connectivity index (χ4v) is 4.70. The Morgan fingerprint density at radius 2 is 1.72 bits per heavy atom. The summed E-state index contributed by atoms with van der Waals surface area (Å²) in [5, 5.41) is 11.6. The van der Waals surface area contributed by atoms with E-state index >= 15 is 0 Å². The molecule has 0 spiro atoms. The van der Waals surface area contributed by atoms with Gasteiger partial charge in [0.15, 0.2) is 5.82 Å². The van der Waals surface area contributed by atoms with E-state index in [4.69, 9.17) is 21.3 Å². The summed E-state index contributed by atoms with van der Waals surface area (Å²) in [6, 6.07) is 20.2. The van der Waals surface area contributed by atoms with Crippen molar-refractivity contribution in [2.24, 2.45) is 0 Å². The molecular formula is C26H25ClN8O. The van der Waals surface area contributed by atoms with Crippen LogP contribution in [-0.2, 0) is 0 Å². The number of fused-ring (bicyclic) bond motifs is 1. The Bertz CT molecular complexity index is 1480. The molecular weight excluding hydrogens is 476 g/mol. The summed E-state index contributed by atoms with van der Waals surface area (Å²) in [6.07, 6.45) is 1.75. The number of aromatic nitrogens is 5. The first-order valence-corrected chi connectivity index (χ1v) is 12.2. The van der Waals surface area contributed by atoms with Gasteiger partial charge < -0.3 is 24.8 Å². The van der Waals surface area contributed by atoms with Crippen LogP contribution < -0.4 is 19.9 Å². The number of halogens is 1. The summed E-state index contributed by atoms with van der Waals surface area (Å²) >= 11 is 6.68. The SMILES string of the molecule is Cc1cc2c(Cl)c(Oc3nc(Nc4cc[nH]n4)cc(N4CCN(c5ccccc5)CC4)n3)ccc2[nH]1. The number of nitrogens with zero attached hydrogens (tertiary/aromatic N) is 5. The molecule has 1 saturated heterocycles. The van der Waals surface area contributed by atoms with Crippen molar-refractivity contribution in [3.05, 3.63) is 77.6 Å². The molecule has 9 nitrogen and oxygen atoms in total. The minimum Gasteiger partial charge on any atom is -0.423 e. The van der Waals surface area contributed by atoms with Crippen LogP contribution in [-0.4, -0.2) is 51.3 Å². The van der Waals surface area contributed by atoms with Crippen molar-refractivity contribution in [2.75, 3.05) is 41.3 Å². The summed E-state index contributed by atoms with van der Waals surface area (Å²) in [5.41, 5.74) is 3.22. The van der Waals surface area contributed by atoms with E-state index in [0.717, 1.165) is 48.6 Å². The van der Waals surface area contributed by atoms with E-state index in [1.165, 1.54) is 5.69 Å². The Morgan fingerprint density at radius 1 is 0.917 bits per heavy atom. The molecule has 0 atom stereocenters. The van der Waals surface area contributed by atoms with Crippen LogP contribution in [0.5, 0.6) is 11.8 Å². The standard InChI is InChI=1S/C26H25ClN8O/c1-17-15-19-20(29-17)7-8-21(25(19)27)36-26-31-23(30-22-9-10-28-33-22)16-24(32-26)35-13-11-34(12-14-35)18-5-3-2-4-6-18/h2-10,15-16,29H,11-14H2,1H3,(H2,28,30,31,32,33). The average Bonchev–Trinajstić information content (AvgIpc) is 3.56. The Morgan fingerprint density at radius 3 is 2.50 bits per heavy atom. The molecule has 3 N–H and O–H groups in total. The molecule has 1 aliphatic heterocycles. The molecule has 10 heteroatoms. The van der Waals surface area contributed by atoms with Crippen molar-refractivity contribution in [1.29, 1.82) is 0 Å². The quantitative estimate of drug-likeness (QED) is 0.283. The van der Waals surface area contributed by atoms with Crippen molar-refractivity contribution >= 4 is 45.6 Å². The molecule has 0 radical (unpaired) electrons. The van der Waals surface area contributed by atoms with E-state index in [0.29, 0.717) is 22.4 Å². The van der Waals surface area contributed by atoms with E-state index in [1.54, 1.807) is 6.20 Å². The monoisotopic (exact) mass is 500 g/mol. The minimum absolute atomic E-state index is 0.213. The van der Waals surface area contributed by atoms with Gasteiger partial charge in [-0.15, -0.1) is 0 Å². The Labute approximate surface area is 213 Å². The van der Waals surface area contributed by atoms with Gasteiger partial charge in [-0.1, -0.05) is 29.8 Å². The topological polar surface area (TPSA) is 98.0 Å². The number of benzene rings is 2. The van der Waals surface area contributed by atoms with E-state index in [1.807, 2.05) is 43.3 Å². The van der Waals surface area contributed by atoms with Crippen LogP contribution in [0.4, 0.5) is 23.1 Å². The lowest BCUT2D eigenvalue weighted by Gasteiger charge is -2.36. The van der Waals surface area contributed by atoms with Crippen molar-refractivity contribution < 1.29 is 4.74 Å². The highest BCUT2D eigenvalue weighted by Crippen LogP contribution is 2.36. The molecule has 6 rings (SSSR count). The van der Waals surface area contributed by atoms with Gasteiger partial charge in [-0.3, -0.25) is 5.10 Å². The van der Waals surface area contributed by atoms with E-state index in [2.05, 4.69) is 59.5 Å².